The zero-order valence-corrected chi connectivity index (χ0v) is 10.2. The minimum Gasteiger partial charge on any atom is -0.328 e. The van der Waals surface area contributed by atoms with Gasteiger partial charge in [0.1, 0.15) is 0 Å². The summed E-state index contributed by atoms with van der Waals surface area (Å²) in [5, 5.41) is 5.52. The van der Waals surface area contributed by atoms with E-state index in [0.29, 0.717) is 5.13 Å². The van der Waals surface area contributed by atoms with Gasteiger partial charge in [0.05, 0.1) is 5.69 Å². The third-order valence-corrected chi connectivity index (χ3v) is 3.87. The lowest BCUT2D eigenvalue weighted by Crippen LogP contribution is -2.32. The monoisotopic (exact) mass is 239 g/mol. The first kappa shape index (κ1) is 11.5. The summed E-state index contributed by atoms with van der Waals surface area (Å²) in [6.45, 7) is 1.92. The minimum atomic E-state index is 0.0984. The summed E-state index contributed by atoms with van der Waals surface area (Å²) in [4.78, 5) is 16.1. The molecule has 3 N–H and O–H groups in total. The molecule has 1 aliphatic carbocycles. The van der Waals surface area contributed by atoms with E-state index in [1.54, 1.807) is 0 Å². The molecule has 1 aliphatic rings. The Morgan fingerprint density at radius 3 is 2.75 bits per heavy atom. The van der Waals surface area contributed by atoms with Crippen LogP contribution < -0.4 is 11.1 Å². The van der Waals surface area contributed by atoms with Gasteiger partial charge in [0.2, 0.25) is 5.91 Å². The Morgan fingerprint density at radius 2 is 2.19 bits per heavy atom. The van der Waals surface area contributed by atoms with Crippen LogP contribution in [0.25, 0.3) is 0 Å². The van der Waals surface area contributed by atoms with Crippen LogP contribution in [-0.4, -0.2) is 16.9 Å². The van der Waals surface area contributed by atoms with Gasteiger partial charge in [0.15, 0.2) is 5.13 Å². The number of nitrogens with zero attached hydrogens (tertiary/aromatic N) is 1. The summed E-state index contributed by atoms with van der Waals surface area (Å²) in [6.07, 6.45) is 3.71. The first-order valence-corrected chi connectivity index (χ1v) is 6.51. The third-order valence-electron chi connectivity index (χ3n) is 2.99. The van der Waals surface area contributed by atoms with Crippen molar-refractivity contribution in [1.82, 2.24) is 4.98 Å². The maximum Gasteiger partial charge on any atom is 0.229 e. The van der Waals surface area contributed by atoms with E-state index >= 15 is 0 Å². The molecule has 0 bridgehead atoms. The average molecular weight is 239 g/mol. The Labute approximate surface area is 99.3 Å². The molecular formula is C11H17N3OS. The number of hydrogen-bond acceptors (Lipinski definition) is 4. The quantitative estimate of drug-likeness (QED) is 0.828. The summed E-state index contributed by atoms with van der Waals surface area (Å²) in [6, 6.07) is 0.283. The second-order valence-corrected chi connectivity index (χ2v) is 5.25. The highest BCUT2D eigenvalue weighted by Crippen LogP contribution is 2.25. The standard InChI is InChI=1S/C11H17N3OS/c1-7-6-16-11(13-7)14-10(15)8-2-4-9(12)5-3-8/h6,8-9H,2-5,12H2,1H3,(H,13,14,15). The minimum absolute atomic E-state index is 0.0984. The van der Waals surface area contributed by atoms with Crippen molar-refractivity contribution >= 4 is 22.4 Å². The van der Waals surface area contributed by atoms with Crippen molar-refractivity contribution in [3.8, 4) is 0 Å². The summed E-state index contributed by atoms with van der Waals surface area (Å²) >= 11 is 1.47. The molecule has 1 heterocycles. The Hall–Kier alpha value is -0.940. The Bertz CT molecular complexity index is 369. The van der Waals surface area contributed by atoms with Crippen LogP contribution in [-0.2, 0) is 4.79 Å². The number of aromatic nitrogens is 1. The van der Waals surface area contributed by atoms with E-state index in [1.165, 1.54) is 11.3 Å². The molecule has 4 nitrogen and oxygen atoms in total. The predicted octanol–water partition coefficient (Wildman–Crippen LogP) is 1.91. The van der Waals surface area contributed by atoms with E-state index in [0.717, 1.165) is 31.4 Å². The lowest BCUT2D eigenvalue weighted by Gasteiger charge is -2.24. The molecule has 0 atom stereocenters. The van der Waals surface area contributed by atoms with Crippen LogP contribution in [0.1, 0.15) is 31.4 Å². The highest BCUT2D eigenvalue weighted by atomic mass is 32.1. The fourth-order valence-electron chi connectivity index (χ4n) is 2.00. The number of amides is 1. The van der Waals surface area contributed by atoms with Crippen LogP contribution in [0.15, 0.2) is 5.38 Å². The number of aryl methyl sites for hydroxylation is 1. The van der Waals surface area contributed by atoms with E-state index < -0.39 is 0 Å². The lowest BCUT2D eigenvalue weighted by atomic mass is 9.86. The molecule has 0 saturated heterocycles. The van der Waals surface area contributed by atoms with Crippen LogP contribution in [0.3, 0.4) is 0 Å². The number of carbonyl (C=O) groups is 1. The molecule has 0 unspecified atom stereocenters. The van der Waals surface area contributed by atoms with Crippen molar-refractivity contribution in [2.45, 2.75) is 38.6 Å². The fraction of sp³-hybridized carbons (Fsp3) is 0.636. The van der Waals surface area contributed by atoms with Crippen molar-refractivity contribution in [1.29, 1.82) is 0 Å². The van der Waals surface area contributed by atoms with E-state index in [4.69, 9.17) is 5.73 Å². The molecule has 5 heteroatoms. The van der Waals surface area contributed by atoms with E-state index in [1.807, 2.05) is 12.3 Å². The summed E-state index contributed by atoms with van der Waals surface area (Å²) < 4.78 is 0. The molecule has 1 amide bonds. The van der Waals surface area contributed by atoms with E-state index in [-0.39, 0.29) is 17.9 Å². The third kappa shape index (κ3) is 2.80. The van der Waals surface area contributed by atoms with E-state index in [2.05, 4.69) is 10.3 Å². The number of nitrogens with two attached hydrogens (primary N) is 1. The van der Waals surface area contributed by atoms with Gasteiger partial charge < -0.3 is 11.1 Å². The molecular weight excluding hydrogens is 222 g/mol. The Kier molecular flexibility index (Phi) is 3.56. The first-order valence-electron chi connectivity index (χ1n) is 5.63. The summed E-state index contributed by atoms with van der Waals surface area (Å²) in [5.74, 6) is 0.213. The van der Waals surface area contributed by atoms with Gasteiger partial charge in [-0.1, -0.05) is 0 Å². The van der Waals surface area contributed by atoms with Crippen LogP contribution >= 0.6 is 11.3 Å². The van der Waals surface area contributed by atoms with Crippen LogP contribution in [0.4, 0.5) is 5.13 Å². The van der Waals surface area contributed by atoms with Gasteiger partial charge in [-0.05, 0) is 32.6 Å². The molecule has 2 rings (SSSR count). The van der Waals surface area contributed by atoms with Gasteiger partial charge in [-0.25, -0.2) is 4.98 Å². The largest absolute Gasteiger partial charge is 0.328 e. The normalized spacial score (nSPS) is 25.4. The first-order chi connectivity index (χ1) is 7.65. The van der Waals surface area contributed by atoms with Gasteiger partial charge >= 0.3 is 0 Å². The average Bonchev–Trinajstić information content (AvgIpc) is 2.65. The smallest absolute Gasteiger partial charge is 0.229 e. The van der Waals surface area contributed by atoms with Gasteiger partial charge in [-0.15, -0.1) is 11.3 Å². The number of thiazole rings is 1. The van der Waals surface area contributed by atoms with Gasteiger partial charge in [0, 0.05) is 17.3 Å². The molecule has 88 valence electrons. The van der Waals surface area contributed by atoms with Crippen LogP contribution in [0.5, 0.6) is 0 Å². The Balaban J connectivity index is 1.88. The van der Waals surface area contributed by atoms with Crippen molar-refractivity contribution in [2.24, 2.45) is 11.7 Å². The molecule has 1 aromatic heterocycles. The molecule has 1 aromatic rings. The number of anilines is 1. The fourth-order valence-corrected chi connectivity index (χ4v) is 2.69. The van der Waals surface area contributed by atoms with Crippen molar-refractivity contribution in [2.75, 3.05) is 5.32 Å². The lowest BCUT2D eigenvalue weighted by molar-refractivity contribution is -0.120. The van der Waals surface area contributed by atoms with Crippen molar-refractivity contribution < 1.29 is 4.79 Å². The molecule has 0 spiro atoms. The SMILES string of the molecule is Cc1csc(NC(=O)C2CCC(N)CC2)n1. The maximum atomic E-state index is 11.9. The van der Waals surface area contributed by atoms with Gasteiger partial charge in [0.25, 0.3) is 0 Å². The molecule has 1 saturated carbocycles. The molecule has 0 aliphatic heterocycles. The number of rotatable bonds is 2. The molecule has 1 fully saturated rings. The number of hydrogen-bond donors (Lipinski definition) is 2. The molecule has 16 heavy (non-hydrogen) atoms. The Morgan fingerprint density at radius 1 is 1.50 bits per heavy atom. The predicted molar refractivity (Wildman–Crippen MR) is 65.4 cm³/mol. The topological polar surface area (TPSA) is 68.0 Å². The summed E-state index contributed by atoms with van der Waals surface area (Å²) in [7, 11) is 0. The van der Waals surface area contributed by atoms with Gasteiger partial charge in [-0.3, -0.25) is 4.79 Å². The number of carbonyl (C=O) groups excluding carboxylic acids is 1. The van der Waals surface area contributed by atoms with Crippen LogP contribution in [0.2, 0.25) is 0 Å². The second-order valence-electron chi connectivity index (χ2n) is 4.39. The molecule has 0 aromatic carbocycles. The highest BCUT2D eigenvalue weighted by Gasteiger charge is 2.24. The molecule has 0 radical (unpaired) electrons. The zero-order chi connectivity index (χ0) is 11.5. The zero-order valence-electron chi connectivity index (χ0n) is 9.40. The van der Waals surface area contributed by atoms with E-state index in [9.17, 15) is 4.79 Å². The highest BCUT2D eigenvalue weighted by molar-refractivity contribution is 7.13. The maximum absolute atomic E-state index is 11.9. The van der Waals surface area contributed by atoms with Crippen LogP contribution in [0, 0.1) is 12.8 Å². The van der Waals surface area contributed by atoms with Crippen molar-refractivity contribution in [3.05, 3.63) is 11.1 Å². The second kappa shape index (κ2) is 4.93. The number of nitrogens with one attached hydrogen (secondary N) is 1. The van der Waals surface area contributed by atoms with Gasteiger partial charge in [-0.2, -0.15) is 0 Å². The van der Waals surface area contributed by atoms with Crippen molar-refractivity contribution in [3.63, 3.8) is 0 Å². The summed E-state index contributed by atoms with van der Waals surface area (Å²) in [5.41, 5.74) is 6.76.